The number of hydrogen-bond donors (Lipinski definition) is 2. The quantitative estimate of drug-likeness (QED) is 0.734. The lowest BCUT2D eigenvalue weighted by Gasteiger charge is -2.23. The Kier molecular flexibility index (Phi) is 4.95. The SMILES string of the molecule is COC(=O)N[C@H](C(=O)NCC1(C)CC1)[C@@H](C)OC. The predicted octanol–water partition coefficient (Wildman–Crippen LogP) is 0.662. The Morgan fingerprint density at radius 3 is 2.39 bits per heavy atom. The van der Waals surface area contributed by atoms with E-state index in [1.165, 1.54) is 14.2 Å². The van der Waals surface area contributed by atoms with Crippen molar-refractivity contribution in [2.75, 3.05) is 20.8 Å². The first-order chi connectivity index (χ1) is 8.41. The maximum atomic E-state index is 12.0. The molecular formula is C12H22N2O4. The van der Waals surface area contributed by atoms with Crippen LogP contribution in [-0.2, 0) is 14.3 Å². The Balaban J connectivity index is 2.51. The van der Waals surface area contributed by atoms with E-state index in [4.69, 9.17) is 4.74 Å². The van der Waals surface area contributed by atoms with Crippen LogP contribution in [0.25, 0.3) is 0 Å². The molecule has 0 aliphatic heterocycles. The second-order valence-electron chi connectivity index (χ2n) is 5.08. The summed E-state index contributed by atoms with van der Waals surface area (Å²) in [7, 11) is 2.75. The largest absolute Gasteiger partial charge is 0.453 e. The van der Waals surface area contributed by atoms with Crippen molar-refractivity contribution in [1.29, 1.82) is 0 Å². The fourth-order valence-electron chi connectivity index (χ4n) is 1.52. The Hall–Kier alpha value is -1.30. The molecule has 0 aromatic heterocycles. The maximum absolute atomic E-state index is 12.0. The Labute approximate surface area is 107 Å². The molecule has 0 saturated heterocycles. The van der Waals surface area contributed by atoms with Crippen molar-refractivity contribution in [2.45, 2.75) is 38.8 Å². The van der Waals surface area contributed by atoms with Gasteiger partial charge in [0.1, 0.15) is 6.04 Å². The van der Waals surface area contributed by atoms with Gasteiger partial charge in [-0.3, -0.25) is 4.79 Å². The van der Waals surface area contributed by atoms with Crippen LogP contribution in [0.5, 0.6) is 0 Å². The molecule has 2 amide bonds. The van der Waals surface area contributed by atoms with E-state index < -0.39 is 18.2 Å². The number of methoxy groups -OCH3 is 2. The van der Waals surface area contributed by atoms with Gasteiger partial charge in [0.05, 0.1) is 13.2 Å². The van der Waals surface area contributed by atoms with Gasteiger partial charge in [-0.1, -0.05) is 6.92 Å². The fourth-order valence-corrected chi connectivity index (χ4v) is 1.52. The predicted molar refractivity (Wildman–Crippen MR) is 66.2 cm³/mol. The van der Waals surface area contributed by atoms with E-state index in [0.717, 1.165) is 12.8 Å². The van der Waals surface area contributed by atoms with Crippen molar-refractivity contribution in [3.63, 3.8) is 0 Å². The smallest absolute Gasteiger partial charge is 0.407 e. The van der Waals surface area contributed by atoms with Crippen LogP contribution in [0.1, 0.15) is 26.7 Å². The third-order valence-electron chi connectivity index (χ3n) is 3.38. The fraction of sp³-hybridized carbons (Fsp3) is 0.833. The number of amides is 2. The van der Waals surface area contributed by atoms with Crippen LogP contribution in [0, 0.1) is 5.41 Å². The van der Waals surface area contributed by atoms with Gasteiger partial charge in [0.2, 0.25) is 5.91 Å². The highest BCUT2D eigenvalue weighted by molar-refractivity contribution is 5.86. The minimum atomic E-state index is -0.746. The van der Waals surface area contributed by atoms with Gasteiger partial charge in [-0.05, 0) is 25.2 Å². The summed E-state index contributed by atoms with van der Waals surface area (Å²) < 4.78 is 9.59. The lowest BCUT2D eigenvalue weighted by molar-refractivity contribution is -0.126. The number of ether oxygens (including phenoxy) is 2. The molecule has 6 nitrogen and oxygen atoms in total. The number of carbonyl (C=O) groups excluding carboxylic acids is 2. The van der Waals surface area contributed by atoms with E-state index in [1.807, 2.05) is 0 Å². The van der Waals surface area contributed by atoms with Gasteiger partial charge < -0.3 is 20.1 Å². The average molecular weight is 258 g/mol. The highest BCUT2D eigenvalue weighted by atomic mass is 16.5. The third-order valence-corrected chi connectivity index (χ3v) is 3.38. The van der Waals surface area contributed by atoms with Crippen LogP contribution in [-0.4, -0.2) is 44.9 Å². The Bertz CT molecular complexity index is 315. The van der Waals surface area contributed by atoms with Crippen LogP contribution in [0.15, 0.2) is 0 Å². The van der Waals surface area contributed by atoms with Crippen LogP contribution < -0.4 is 10.6 Å². The number of hydrogen-bond acceptors (Lipinski definition) is 4. The molecule has 0 aromatic rings. The molecule has 2 atom stereocenters. The van der Waals surface area contributed by atoms with Gasteiger partial charge in [-0.15, -0.1) is 0 Å². The van der Waals surface area contributed by atoms with Gasteiger partial charge in [0.15, 0.2) is 0 Å². The highest BCUT2D eigenvalue weighted by Crippen LogP contribution is 2.44. The van der Waals surface area contributed by atoms with Gasteiger partial charge in [-0.25, -0.2) is 4.79 Å². The summed E-state index contributed by atoms with van der Waals surface area (Å²) in [5, 5.41) is 5.32. The van der Waals surface area contributed by atoms with Crippen molar-refractivity contribution in [2.24, 2.45) is 5.41 Å². The standard InChI is InChI=1S/C12H22N2O4/c1-8(17-3)9(14-11(16)18-4)10(15)13-7-12(2)5-6-12/h8-9H,5-7H2,1-4H3,(H,13,15)(H,14,16)/t8-,9+/m1/s1. The first kappa shape index (κ1) is 14.8. The molecule has 104 valence electrons. The highest BCUT2D eigenvalue weighted by Gasteiger charge is 2.38. The zero-order valence-electron chi connectivity index (χ0n) is 11.4. The first-order valence-electron chi connectivity index (χ1n) is 6.07. The average Bonchev–Trinajstić information content (AvgIpc) is 3.10. The molecule has 6 heteroatoms. The summed E-state index contributed by atoms with van der Waals surface area (Å²) in [6, 6.07) is -0.746. The zero-order valence-corrected chi connectivity index (χ0v) is 11.4. The minimum absolute atomic E-state index is 0.224. The van der Waals surface area contributed by atoms with Gasteiger partial charge in [0.25, 0.3) is 0 Å². The summed E-state index contributed by atoms with van der Waals surface area (Å²) in [5.74, 6) is -0.247. The van der Waals surface area contributed by atoms with Gasteiger partial charge >= 0.3 is 6.09 Å². The zero-order chi connectivity index (χ0) is 13.8. The molecule has 0 unspecified atom stereocenters. The van der Waals surface area contributed by atoms with Crippen LogP contribution in [0.4, 0.5) is 4.79 Å². The Morgan fingerprint density at radius 1 is 1.33 bits per heavy atom. The molecule has 1 aliphatic carbocycles. The lowest BCUT2D eigenvalue weighted by atomic mass is 10.1. The Morgan fingerprint density at radius 2 is 1.94 bits per heavy atom. The van der Waals surface area contributed by atoms with Crippen molar-refractivity contribution in [3.05, 3.63) is 0 Å². The summed E-state index contributed by atoms with van der Waals surface area (Å²) in [4.78, 5) is 23.2. The van der Waals surface area contributed by atoms with E-state index in [0.29, 0.717) is 6.54 Å². The molecule has 1 rings (SSSR count). The second kappa shape index (κ2) is 6.04. The summed E-state index contributed by atoms with van der Waals surface area (Å²) in [5.41, 5.74) is 0.224. The van der Waals surface area contributed by atoms with E-state index >= 15 is 0 Å². The molecule has 1 aliphatic rings. The molecule has 1 saturated carbocycles. The molecule has 1 fully saturated rings. The number of nitrogens with one attached hydrogen (secondary N) is 2. The molecule has 0 radical (unpaired) electrons. The topological polar surface area (TPSA) is 76.7 Å². The summed E-state index contributed by atoms with van der Waals surface area (Å²) in [6.07, 6.45) is 1.19. The first-order valence-corrected chi connectivity index (χ1v) is 6.07. The van der Waals surface area contributed by atoms with Crippen LogP contribution >= 0.6 is 0 Å². The number of carbonyl (C=O) groups is 2. The lowest BCUT2D eigenvalue weighted by Crippen LogP contribution is -2.53. The summed E-state index contributed by atoms with van der Waals surface area (Å²) in [6.45, 7) is 4.47. The van der Waals surface area contributed by atoms with Crippen molar-refractivity contribution in [1.82, 2.24) is 10.6 Å². The van der Waals surface area contributed by atoms with Crippen molar-refractivity contribution in [3.8, 4) is 0 Å². The molecule has 18 heavy (non-hydrogen) atoms. The van der Waals surface area contributed by atoms with E-state index in [-0.39, 0.29) is 11.3 Å². The normalized spacial score (nSPS) is 19.6. The molecule has 2 N–H and O–H groups in total. The van der Waals surface area contributed by atoms with Gasteiger partial charge in [-0.2, -0.15) is 0 Å². The van der Waals surface area contributed by atoms with E-state index in [1.54, 1.807) is 6.92 Å². The third kappa shape index (κ3) is 4.18. The van der Waals surface area contributed by atoms with E-state index in [2.05, 4.69) is 22.3 Å². The molecule has 0 heterocycles. The number of rotatable bonds is 6. The monoisotopic (exact) mass is 258 g/mol. The maximum Gasteiger partial charge on any atom is 0.407 e. The number of alkyl carbamates (subject to hydrolysis) is 1. The molecule has 0 bridgehead atoms. The molecule has 0 spiro atoms. The van der Waals surface area contributed by atoms with Crippen LogP contribution in [0.2, 0.25) is 0 Å². The molecule has 0 aromatic carbocycles. The summed E-state index contributed by atoms with van der Waals surface area (Å²) >= 11 is 0. The second-order valence-corrected chi connectivity index (χ2v) is 5.08. The van der Waals surface area contributed by atoms with Crippen molar-refractivity contribution >= 4 is 12.0 Å². The van der Waals surface area contributed by atoms with Gasteiger partial charge in [0, 0.05) is 13.7 Å². The molecular weight excluding hydrogens is 236 g/mol. The minimum Gasteiger partial charge on any atom is -0.453 e. The van der Waals surface area contributed by atoms with E-state index in [9.17, 15) is 9.59 Å². The van der Waals surface area contributed by atoms with Crippen LogP contribution in [0.3, 0.4) is 0 Å². The van der Waals surface area contributed by atoms with Crippen molar-refractivity contribution < 1.29 is 19.1 Å².